The van der Waals surface area contributed by atoms with Crippen LogP contribution in [-0.4, -0.2) is 44.7 Å². The second-order valence-electron chi connectivity index (χ2n) is 4.17. The molecule has 0 bridgehead atoms. The maximum atomic E-state index is 11.0. The predicted octanol–water partition coefficient (Wildman–Crippen LogP) is 0.208. The Balaban J connectivity index is 2.07. The average Bonchev–Trinajstić information content (AvgIpc) is 2.86. The first kappa shape index (κ1) is 12.5. The van der Waals surface area contributed by atoms with E-state index in [4.69, 9.17) is 9.52 Å². The molecule has 0 amide bonds. The molecular formula is C10H12N2O6. The molecule has 2 N–H and O–H groups in total. The van der Waals surface area contributed by atoms with Crippen LogP contribution in [0.25, 0.3) is 0 Å². The van der Waals surface area contributed by atoms with Gasteiger partial charge >= 0.3 is 11.9 Å². The van der Waals surface area contributed by atoms with E-state index in [-0.39, 0.29) is 25.4 Å². The smallest absolute Gasteiger partial charge is 0.433 e. The van der Waals surface area contributed by atoms with Crippen molar-refractivity contribution >= 4 is 11.9 Å². The fourth-order valence-electron chi connectivity index (χ4n) is 2.06. The number of carboxylic acids is 1. The van der Waals surface area contributed by atoms with Gasteiger partial charge in [0.1, 0.15) is 16.7 Å². The molecule has 1 aliphatic heterocycles. The molecule has 8 heteroatoms. The first-order chi connectivity index (χ1) is 8.47. The second-order valence-corrected chi connectivity index (χ2v) is 4.17. The molecule has 1 saturated heterocycles. The van der Waals surface area contributed by atoms with Gasteiger partial charge in [0.2, 0.25) is 0 Å². The third kappa shape index (κ3) is 2.49. The van der Waals surface area contributed by atoms with Crippen LogP contribution in [0.1, 0.15) is 12.2 Å². The Bertz CT molecular complexity index is 471. The number of nitrogens with zero attached hydrogens (tertiary/aromatic N) is 2. The van der Waals surface area contributed by atoms with Crippen molar-refractivity contribution in [3.05, 3.63) is 28.0 Å². The van der Waals surface area contributed by atoms with E-state index in [9.17, 15) is 20.0 Å². The molecule has 0 spiro atoms. The van der Waals surface area contributed by atoms with Crippen LogP contribution >= 0.6 is 0 Å². The van der Waals surface area contributed by atoms with Crippen molar-refractivity contribution in [3.8, 4) is 0 Å². The Kier molecular flexibility index (Phi) is 3.30. The zero-order valence-corrected chi connectivity index (χ0v) is 9.35. The monoisotopic (exact) mass is 256 g/mol. The summed E-state index contributed by atoms with van der Waals surface area (Å²) in [4.78, 5) is 22.3. The standard InChI is InChI=1S/C10H12N2O6/c13-6-3-8(10(14)15)11(4-6)5-7-1-2-9(18-7)12(16)17/h1-2,6,8,13H,3-5H2,(H,14,15). The lowest BCUT2D eigenvalue weighted by atomic mass is 10.2. The minimum atomic E-state index is -1.02. The van der Waals surface area contributed by atoms with Crippen molar-refractivity contribution in [1.29, 1.82) is 0 Å². The zero-order valence-electron chi connectivity index (χ0n) is 9.35. The molecule has 2 unspecified atom stereocenters. The molecule has 0 saturated carbocycles. The number of hydrogen-bond donors (Lipinski definition) is 2. The van der Waals surface area contributed by atoms with Crippen molar-refractivity contribution in [2.45, 2.75) is 25.1 Å². The van der Waals surface area contributed by atoms with Gasteiger partial charge < -0.3 is 14.6 Å². The average molecular weight is 256 g/mol. The Labute approximate surface area is 102 Å². The van der Waals surface area contributed by atoms with Gasteiger partial charge in [-0.3, -0.25) is 19.8 Å². The van der Waals surface area contributed by atoms with Crippen LogP contribution in [0.2, 0.25) is 0 Å². The van der Waals surface area contributed by atoms with Gasteiger partial charge in [-0.1, -0.05) is 0 Å². The van der Waals surface area contributed by atoms with E-state index in [1.54, 1.807) is 0 Å². The SMILES string of the molecule is O=C(O)C1CC(O)CN1Cc1ccc([N+](=O)[O-])o1. The van der Waals surface area contributed by atoms with Crippen LogP contribution in [0.5, 0.6) is 0 Å². The lowest BCUT2D eigenvalue weighted by Crippen LogP contribution is -2.35. The highest BCUT2D eigenvalue weighted by Gasteiger charge is 2.36. The van der Waals surface area contributed by atoms with Crippen molar-refractivity contribution < 1.29 is 24.3 Å². The van der Waals surface area contributed by atoms with Crippen LogP contribution in [0.15, 0.2) is 16.5 Å². The number of likely N-dealkylation sites (tertiary alicyclic amines) is 1. The largest absolute Gasteiger partial charge is 0.480 e. The molecule has 8 nitrogen and oxygen atoms in total. The number of hydrogen-bond acceptors (Lipinski definition) is 6. The summed E-state index contributed by atoms with van der Waals surface area (Å²) in [6.45, 7) is 0.341. The van der Waals surface area contributed by atoms with Crippen molar-refractivity contribution in [2.75, 3.05) is 6.54 Å². The fourth-order valence-corrected chi connectivity index (χ4v) is 2.06. The van der Waals surface area contributed by atoms with Gasteiger partial charge in [-0.15, -0.1) is 0 Å². The lowest BCUT2D eigenvalue weighted by Gasteiger charge is -2.18. The number of furan rings is 1. The molecule has 2 rings (SSSR count). The molecule has 2 heterocycles. The van der Waals surface area contributed by atoms with E-state index < -0.39 is 23.0 Å². The summed E-state index contributed by atoms with van der Waals surface area (Å²) in [6, 6.07) is 1.86. The number of carbonyl (C=O) groups is 1. The highest BCUT2D eigenvalue weighted by Crippen LogP contribution is 2.23. The third-order valence-electron chi connectivity index (χ3n) is 2.85. The second kappa shape index (κ2) is 4.75. The highest BCUT2D eigenvalue weighted by atomic mass is 16.6. The maximum Gasteiger partial charge on any atom is 0.433 e. The molecule has 0 radical (unpaired) electrons. The van der Waals surface area contributed by atoms with E-state index in [0.717, 1.165) is 0 Å². The number of aliphatic carboxylic acids is 1. The van der Waals surface area contributed by atoms with Gasteiger partial charge in [0.05, 0.1) is 18.7 Å². The summed E-state index contributed by atoms with van der Waals surface area (Å²) in [7, 11) is 0. The number of aliphatic hydroxyl groups excluding tert-OH is 1. The van der Waals surface area contributed by atoms with Gasteiger partial charge in [0, 0.05) is 13.0 Å². The Morgan fingerprint density at radius 3 is 2.89 bits per heavy atom. The van der Waals surface area contributed by atoms with Crippen LogP contribution in [0, 0.1) is 10.1 Å². The summed E-state index contributed by atoms with van der Waals surface area (Å²) < 4.78 is 4.96. The number of nitro groups is 1. The molecule has 1 aliphatic rings. The molecule has 2 atom stereocenters. The highest BCUT2D eigenvalue weighted by molar-refractivity contribution is 5.74. The van der Waals surface area contributed by atoms with E-state index in [2.05, 4.69) is 0 Å². The van der Waals surface area contributed by atoms with Crippen LogP contribution < -0.4 is 0 Å². The van der Waals surface area contributed by atoms with Crippen molar-refractivity contribution in [3.63, 3.8) is 0 Å². The topological polar surface area (TPSA) is 117 Å². The quantitative estimate of drug-likeness (QED) is 0.584. The van der Waals surface area contributed by atoms with Gasteiger partial charge in [-0.25, -0.2) is 0 Å². The molecule has 1 aromatic heterocycles. The van der Waals surface area contributed by atoms with Crippen LogP contribution in [0.3, 0.4) is 0 Å². The zero-order chi connectivity index (χ0) is 13.3. The van der Waals surface area contributed by atoms with Gasteiger partial charge in [0.15, 0.2) is 0 Å². The number of β-amino-alcohol motifs (C(OH)–C–C–N with tert-alkyl or cyclic N) is 1. The summed E-state index contributed by atoms with van der Waals surface area (Å²) in [5.74, 6) is -1.09. The summed E-state index contributed by atoms with van der Waals surface area (Å²) >= 11 is 0. The van der Waals surface area contributed by atoms with Crippen LogP contribution in [-0.2, 0) is 11.3 Å². The molecule has 98 valence electrons. The number of carboxylic acid groups (broad SMARTS) is 1. The molecule has 18 heavy (non-hydrogen) atoms. The first-order valence-corrected chi connectivity index (χ1v) is 5.35. The summed E-state index contributed by atoms with van der Waals surface area (Å²) in [6.07, 6.45) is -0.547. The molecule has 0 aliphatic carbocycles. The molecule has 1 aromatic rings. The predicted molar refractivity (Wildman–Crippen MR) is 57.8 cm³/mol. The minimum Gasteiger partial charge on any atom is -0.480 e. The molecule has 0 aromatic carbocycles. The third-order valence-corrected chi connectivity index (χ3v) is 2.85. The normalized spacial score (nSPS) is 24.3. The lowest BCUT2D eigenvalue weighted by molar-refractivity contribution is -0.402. The number of rotatable bonds is 4. The van der Waals surface area contributed by atoms with Crippen molar-refractivity contribution in [2.24, 2.45) is 0 Å². The summed E-state index contributed by atoms with van der Waals surface area (Å²) in [5.41, 5.74) is 0. The van der Waals surface area contributed by atoms with Crippen LogP contribution in [0.4, 0.5) is 5.88 Å². The minimum absolute atomic E-state index is 0.127. The Hall–Kier alpha value is -1.93. The Morgan fingerprint density at radius 2 is 2.33 bits per heavy atom. The first-order valence-electron chi connectivity index (χ1n) is 5.35. The van der Waals surface area contributed by atoms with E-state index in [1.807, 2.05) is 0 Å². The fraction of sp³-hybridized carbons (Fsp3) is 0.500. The summed E-state index contributed by atoms with van der Waals surface area (Å²) in [5, 5.41) is 28.9. The van der Waals surface area contributed by atoms with E-state index in [0.29, 0.717) is 5.76 Å². The maximum absolute atomic E-state index is 11.0. The Morgan fingerprint density at radius 1 is 1.61 bits per heavy atom. The van der Waals surface area contributed by atoms with Gasteiger partial charge in [-0.2, -0.15) is 0 Å². The molecule has 1 fully saturated rings. The van der Waals surface area contributed by atoms with Crippen molar-refractivity contribution in [1.82, 2.24) is 4.90 Å². The van der Waals surface area contributed by atoms with E-state index >= 15 is 0 Å². The number of aliphatic hydroxyl groups is 1. The molecular weight excluding hydrogens is 244 g/mol. The van der Waals surface area contributed by atoms with Gasteiger partial charge in [-0.05, 0) is 6.07 Å². The van der Waals surface area contributed by atoms with E-state index in [1.165, 1.54) is 17.0 Å². The van der Waals surface area contributed by atoms with Gasteiger partial charge in [0.25, 0.3) is 0 Å².